The molecule has 0 aliphatic rings. The molecule has 0 radical (unpaired) electrons. The van der Waals surface area contributed by atoms with Crippen LogP contribution in [0.3, 0.4) is 0 Å². The van der Waals surface area contributed by atoms with Crippen molar-refractivity contribution in [2.24, 2.45) is 17.6 Å². The molecule has 0 aliphatic carbocycles. The smallest absolute Gasteiger partial charge is 0.106 e. The van der Waals surface area contributed by atoms with Crippen LogP contribution < -0.4 is 5.73 Å². The zero-order valence-corrected chi connectivity index (χ0v) is 41.7. The Kier molecular flexibility index (Phi) is 80.9. The third-order valence-corrected chi connectivity index (χ3v) is 11.9. The fourth-order valence-corrected chi connectivity index (χ4v) is 8.00. The van der Waals surface area contributed by atoms with Gasteiger partial charge >= 0.3 is 0 Å². The van der Waals surface area contributed by atoms with Crippen LogP contribution in [0.4, 0.5) is 0 Å². The summed E-state index contributed by atoms with van der Waals surface area (Å²) in [4.78, 5) is 8.00. The largest absolute Gasteiger partial charge is 0.400 e. The van der Waals surface area contributed by atoms with Gasteiger partial charge in [0.25, 0.3) is 0 Å². The number of aliphatic hydroxyl groups excluding tert-OH is 1. The van der Waals surface area contributed by atoms with Crippen molar-refractivity contribution >= 4 is 6.79 Å². The van der Waals surface area contributed by atoms with E-state index in [4.69, 9.17) is 15.6 Å². The van der Waals surface area contributed by atoms with Crippen LogP contribution in [0.25, 0.3) is 0 Å². The van der Waals surface area contributed by atoms with Crippen LogP contribution in [0.5, 0.6) is 0 Å². The van der Waals surface area contributed by atoms with Crippen LogP contribution in [-0.4, -0.2) is 25.6 Å². The maximum absolute atomic E-state index is 8.00. The van der Waals surface area contributed by atoms with E-state index < -0.39 is 0 Å². The third kappa shape index (κ3) is 70.5. The number of nitrogens with two attached hydrogens (primary N) is 1. The maximum Gasteiger partial charge on any atom is 0.106 e. The van der Waals surface area contributed by atoms with Gasteiger partial charge in [-0.25, -0.2) is 0 Å². The number of rotatable bonds is 42. The second-order valence-corrected chi connectivity index (χ2v) is 17.5. The molecule has 0 atom stereocenters. The summed E-state index contributed by atoms with van der Waals surface area (Å²) >= 11 is 0. The van der Waals surface area contributed by atoms with E-state index in [2.05, 4.69) is 48.5 Å². The summed E-state index contributed by atoms with van der Waals surface area (Å²) in [6.07, 6.45) is 61.1. The van der Waals surface area contributed by atoms with Gasteiger partial charge in [0, 0.05) is 7.11 Å². The van der Waals surface area contributed by atoms with E-state index in [1.54, 1.807) is 0 Å². The van der Waals surface area contributed by atoms with E-state index in [1.165, 1.54) is 270 Å². The van der Waals surface area contributed by atoms with Crippen molar-refractivity contribution in [2.75, 3.05) is 13.7 Å². The number of unbranched alkanes of at least 4 members (excludes halogenated alkanes) is 29. The Bertz CT molecular complexity index is 504. The van der Waals surface area contributed by atoms with Gasteiger partial charge in [0.05, 0.1) is 0 Å². The number of aliphatic hydroxyl groups is 1. The van der Waals surface area contributed by atoms with E-state index in [-0.39, 0.29) is 0 Å². The topological polar surface area (TPSA) is 63.3 Å². The molecule has 0 spiro atoms. The molecule has 0 amide bonds. The second kappa shape index (κ2) is 70.2. The first kappa shape index (κ1) is 65.7. The molecule has 0 unspecified atom stereocenters. The Hall–Kier alpha value is -0.410. The molecule has 3 nitrogen and oxygen atoms in total. The van der Waals surface area contributed by atoms with Gasteiger partial charge in [-0.1, -0.05) is 312 Å². The van der Waals surface area contributed by atoms with E-state index in [0.717, 1.165) is 25.5 Å². The first-order valence-corrected chi connectivity index (χ1v) is 26.5. The van der Waals surface area contributed by atoms with Crippen LogP contribution in [0.15, 0.2) is 0 Å². The van der Waals surface area contributed by atoms with Crippen LogP contribution >= 0.6 is 0 Å². The third-order valence-electron chi connectivity index (χ3n) is 11.9. The normalized spacial score (nSPS) is 10.6. The van der Waals surface area contributed by atoms with Gasteiger partial charge < -0.3 is 15.6 Å². The van der Waals surface area contributed by atoms with Crippen LogP contribution in [0, 0.1) is 11.8 Å². The highest BCUT2D eigenvalue weighted by atomic mass is 16.2. The van der Waals surface area contributed by atoms with Gasteiger partial charge in [-0.2, -0.15) is 0 Å². The lowest BCUT2D eigenvalue weighted by molar-refractivity contribution is -0.0980. The molecule has 350 valence electrons. The Labute approximate surface area is 364 Å². The molecule has 57 heavy (non-hydrogen) atoms. The Morgan fingerprint density at radius 2 is 0.421 bits per heavy atom. The van der Waals surface area contributed by atoms with Crippen molar-refractivity contribution in [3.05, 3.63) is 0 Å². The highest BCUT2D eigenvalue weighted by Gasteiger charge is 2.10. The van der Waals surface area contributed by atoms with Crippen molar-refractivity contribution in [1.82, 2.24) is 0 Å². The maximum atomic E-state index is 8.00. The quantitative estimate of drug-likeness (QED) is 0.0604. The van der Waals surface area contributed by atoms with E-state index >= 15 is 0 Å². The van der Waals surface area contributed by atoms with Crippen molar-refractivity contribution < 1.29 is 9.90 Å². The van der Waals surface area contributed by atoms with Gasteiger partial charge in [-0.3, -0.25) is 0 Å². The van der Waals surface area contributed by atoms with Crippen molar-refractivity contribution in [3.63, 3.8) is 0 Å². The molecule has 0 fully saturated rings. The van der Waals surface area contributed by atoms with Crippen LogP contribution in [0.1, 0.15) is 318 Å². The first-order valence-electron chi connectivity index (χ1n) is 26.5. The minimum atomic E-state index is 0.844. The average Bonchev–Trinajstić information content (AvgIpc) is 3.24. The molecular weight excluding hydrogens is 695 g/mol. The fourth-order valence-electron chi connectivity index (χ4n) is 8.00. The van der Waals surface area contributed by atoms with Gasteiger partial charge in [0.15, 0.2) is 0 Å². The molecule has 0 aromatic carbocycles. The second-order valence-electron chi connectivity index (χ2n) is 17.5. The molecule has 0 saturated heterocycles. The number of hydrogen-bond acceptors (Lipinski definition) is 3. The Balaban J connectivity index is -0.000000261. The molecule has 0 saturated carbocycles. The highest BCUT2D eigenvalue weighted by molar-refractivity contribution is 5.11. The summed E-state index contributed by atoms with van der Waals surface area (Å²) in [5, 5.41) is 7.00. The van der Waals surface area contributed by atoms with Crippen LogP contribution in [0.2, 0.25) is 0 Å². The minimum absolute atomic E-state index is 0.844. The molecule has 0 rings (SSSR count). The SMILES string of the molecule is C=O.CCCCCCCCC(CCCCCCC)CCCCCCCC.CCCCCCCCC(CCCCCCC)CCCCCCCC.CCCCN.CO. The molecule has 3 heteroatoms. The number of carbonyl (C=O) groups is 1. The standard InChI is InChI=1S/2C24H50.C4H11N.CH4O.CH2O/c2*1-4-7-10-13-16-19-22-24(21-18-15-12-9-6-3)23-20-17-14-11-8-5-2;1-2-3-4-5;2*1-2/h2*24H,4-23H2,1-3H3;2-5H2,1H3;2H,1H3;1H2. The van der Waals surface area contributed by atoms with Gasteiger partial charge in [-0.15, -0.1) is 0 Å². The lowest BCUT2D eigenvalue weighted by atomic mass is 9.89. The Morgan fingerprint density at radius 3 is 0.544 bits per heavy atom. The molecule has 3 N–H and O–H groups in total. The zero-order chi connectivity index (χ0) is 43.6. The van der Waals surface area contributed by atoms with Gasteiger partial charge in [-0.05, 0) is 24.8 Å². The van der Waals surface area contributed by atoms with Crippen molar-refractivity contribution in [1.29, 1.82) is 0 Å². The summed E-state index contributed by atoms with van der Waals surface area (Å²) in [6, 6.07) is 0. The van der Waals surface area contributed by atoms with E-state index in [1.807, 2.05) is 6.79 Å². The average molecular weight is 813 g/mol. The predicted molar refractivity (Wildman–Crippen MR) is 265 cm³/mol. The molecule has 0 aromatic heterocycles. The highest BCUT2D eigenvalue weighted by Crippen LogP contribution is 2.26. The summed E-state index contributed by atoms with van der Waals surface area (Å²) in [6.45, 7) is 18.9. The molecule has 0 aliphatic heterocycles. The molecule has 0 bridgehead atoms. The predicted octanol–water partition coefficient (Wildman–Crippen LogP) is 19.1. The van der Waals surface area contributed by atoms with Crippen molar-refractivity contribution in [2.45, 2.75) is 318 Å². The summed E-state index contributed by atoms with van der Waals surface area (Å²) in [5.74, 6) is 2.09. The lowest BCUT2D eigenvalue weighted by Gasteiger charge is -2.17. The lowest BCUT2D eigenvalue weighted by Crippen LogP contribution is -2.01. The summed E-state index contributed by atoms with van der Waals surface area (Å²) in [7, 11) is 1.00. The summed E-state index contributed by atoms with van der Waals surface area (Å²) in [5.41, 5.74) is 5.14. The first-order chi connectivity index (χ1) is 28.1. The van der Waals surface area contributed by atoms with Gasteiger partial charge in [0.2, 0.25) is 0 Å². The minimum Gasteiger partial charge on any atom is -0.400 e. The zero-order valence-electron chi connectivity index (χ0n) is 41.7. The fraction of sp³-hybridized carbons (Fsp3) is 0.981. The summed E-state index contributed by atoms with van der Waals surface area (Å²) < 4.78 is 0. The molecule has 0 aromatic rings. The van der Waals surface area contributed by atoms with Crippen molar-refractivity contribution in [3.8, 4) is 0 Å². The van der Waals surface area contributed by atoms with E-state index in [9.17, 15) is 0 Å². The van der Waals surface area contributed by atoms with Crippen LogP contribution in [-0.2, 0) is 4.79 Å². The van der Waals surface area contributed by atoms with Gasteiger partial charge in [0.1, 0.15) is 6.79 Å². The number of carbonyl (C=O) groups excluding carboxylic acids is 1. The Morgan fingerprint density at radius 1 is 0.281 bits per heavy atom. The molecular formula is C54H117NO2. The number of hydrogen-bond donors (Lipinski definition) is 2. The molecule has 0 heterocycles. The van der Waals surface area contributed by atoms with E-state index in [0.29, 0.717) is 0 Å². The monoisotopic (exact) mass is 812 g/mol.